The van der Waals surface area contributed by atoms with Crippen molar-refractivity contribution in [3.63, 3.8) is 0 Å². The zero-order valence-corrected chi connectivity index (χ0v) is 11.5. The normalized spacial score (nSPS) is 18.7. The van der Waals surface area contributed by atoms with Gasteiger partial charge in [0.2, 0.25) is 5.91 Å². The number of nitrogens with one attached hydrogen (secondary N) is 1. The first-order chi connectivity index (χ1) is 8.92. The lowest BCUT2D eigenvalue weighted by Gasteiger charge is -2.23. The van der Waals surface area contributed by atoms with Gasteiger partial charge in [-0.2, -0.15) is 0 Å². The van der Waals surface area contributed by atoms with Gasteiger partial charge < -0.3 is 10.5 Å². The minimum Gasteiger partial charge on any atom is -0.449 e. The summed E-state index contributed by atoms with van der Waals surface area (Å²) in [5.41, 5.74) is 7.44. The highest BCUT2D eigenvalue weighted by Gasteiger charge is 2.43. The lowest BCUT2D eigenvalue weighted by atomic mass is 10.2. The number of hydrazine groups is 1. The fourth-order valence-corrected chi connectivity index (χ4v) is 2.09. The molecule has 0 spiro atoms. The van der Waals surface area contributed by atoms with E-state index in [9.17, 15) is 14.4 Å². The Morgan fingerprint density at radius 3 is 2.58 bits per heavy atom. The number of nitrogens with two attached hydrogens (primary N) is 1. The molecule has 0 radical (unpaired) electrons. The average molecular weight is 288 g/mol. The number of amides is 3. The Morgan fingerprint density at radius 1 is 1.47 bits per heavy atom. The lowest BCUT2D eigenvalue weighted by molar-refractivity contribution is -0.131. The highest BCUT2D eigenvalue weighted by molar-refractivity contribution is 7.80. The van der Waals surface area contributed by atoms with Crippen molar-refractivity contribution in [1.82, 2.24) is 15.3 Å². The first kappa shape index (κ1) is 15.2. The van der Waals surface area contributed by atoms with Crippen molar-refractivity contribution in [2.75, 3.05) is 13.2 Å². The number of likely N-dealkylation sites (N-methyl/N-ethyl adjacent to an activating group) is 1. The van der Waals surface area contributed by atoms with Gasteiger partial charge >= 0.3 is 6.09 Å². The number of primary amides is 1. The summed E-state index contributed by atoms with van der Waals surface area (Å²) in [5.74, 6) is -1.03. The number of carbonyl (C=O) groups is 3. The average Bonchev–Trinajstić information content (AvgIpc) is 2.53. The minimum absolute atomic E-state index is 0.117. The fraction of sp³-hybridized carbons (Fsp3) is 0.600. The molecule has 0 bridgehead atoms. The minimum atomic E-state index is -0.922. The molecule has 1 rings (SSSR count). The summed E-state index contributed by atoms with van der Waals surface area (Å²) in [5, 5.41) is 1.26. The van der Waals surface area contributed by atoms with Gasteiger partial charge in [-0.1, -0.05) is 0 Å². The highest BCUT2D eigenvalue weighted by Crippen LogP contribution is 2.18. The second-order valence-corrected chi connectivity index (χ2v) is 4.12. The topological polar surface area (TPSA) is 105 Å². The Morgan fingerprint density at radius 2 is 2.11 bits per heavy atom. The molecule has 1 saturated heterocycles. The van der Waals surface area contributed by atoms with E-state index < -0.39 is 18.0 Å². The SMILES string of the molecule is CCOC(=O)NN1C(=S)N(CC)C(=O)C1CC(N)=O. The molecule has 0 aromatic heterocycles. The molecule has 1 fully saturated rings. The monoisotopic (exact) mass is 288 g/mol. The van der Waals surface area contributed by atoms with E-state index in [0.717, 1.165) is 5.01 Å². The zero-order chi connectivity index (χ0) is 14.6. The van der Waals surface area contributed by atoms with Crippen molar-refractivity contribution in [2.24, 2.45) is 5.73 Å². The van der Waals surface area contributed by atoms with Crippen LogP contribution in [0.2, 0.25) is 0 Å². The Labute approximate surface area is 115 Å². The van der Waals surface area contributed by atoms with Crippen LogP contribution in [0, 0.1) is 0 Å². The molecule has 9 heteroatoms. The maximum atomic E-state index is 12.0. The van der Waals surface area contributed by atoms with Crippen LogP contribution in [0.5, 0.6) is 0 Å². The number of hydrogen-bond acceptors (Lipinski definition) is 5. The molecule has 19 heavy (non-hydrogen) atoms. The Hall–Kier alpha value is -1.90. The van der Waals surface area contributed by atoms with E-state index in [-0.39, 0.29) is 24.0 Å². The maximum absolute atomic E-state index is 12.0. The number of carbonyl (C=O) groups excluding carboxylic acids is 3. The third-order valence-corrected chi connectivity index (χ3v) is 2.91. The van der Waals surface area contributed by atoms with Gasteiger partial charge in [-0.05, 0) is 26.1 Å². The summed E-state index contributed by atoms with van der Waals surface area (Å²) < 4.78 is 4.71. The molecule has 1 aliphatic heterocycles. The van der Waals surface area contributed by atoms with Crippen LogP contribution in [-0.2, 0) is 14.3 Å². The molecule has 1 aliphatic rings. The number of thiocarbonyl (C=S) groups is 1. The first-order valence-corrected chi connectivity index (χ1v) is 6.19. The van der Waals surface area contributed by atoms with Crippen molar-refractivity contribution in [3.05, 3.63) is 0 Å². The molecule has 3 N–H and O–H groups in total. The number of hydrogen-bond donors (Lipinski definition) is 2. The van der Waals surface area contributed by atoms with E-state index in [0.29, 0.717) is 6.54 Å². The zero-order valence-electron chi connectivity index (χ0n) is 10.7. The number of ether oxygens (including phenoxy) is 1. The second kappa shape index (κ2) is 6.32. The molecule has 106 valence electrons. The lowest BCUT2D eigenvalue weighted by Crippen LogP contribution is -2.50. The van der Waals surface area contributed by atoms with Crippen molar-refractivity contribution in [2.45, 2.75) is 26.3 Å². The molecular weight excluding hydrogens is 272 g/mol. The van der Waals surface area contributed by atoms with Gasteiger partial charge in [0.15, 0.2) is 5.11 Å². The van der Waals surface area contributed by atoms with Gasteiger partial charge in [0.05, 0.1) is 13.0 Å². The molecule has 0 aromatic rings. The molecular formula is C10H16N4O4S. The van der Waals surface area contributed by atoms with Crippen LogP contribution in [0.1, 0.15) is 20.3 Å². The van der Waals surface area contributed by atoms with Crippen LogP contribution < -0.4 is 11.2 Å². The van der Waals surface area contributed by atoms with Crippen LogP contribution in [0.15, 0.2) is 0 Å². The Balaban J connectivity index is 2.89. The molecule has 1 unspecified atom stereocenters. The molecule has 1 atom stereocenters. The van der Waals surface area contributed by atoms with Gasteiger partial charge in [-0.15, -0.1) is 0 Å². The number of nitrogens with zero attached hydrogens (tertiary/aromatic N) is 2. The Kier molecular flexibility index (Phi) is 5.04. The maximum Gasteiger partial charge on any atom is 0.426 e. The predicted molar refractivity (Wildman–Crippen MR) is 69.6 cm³/mol. The highest BCUT2D eigenvalue weighted by atomic mass is 32.1. The standard InChI is InChI=1S/C10H16N4O4S/c1-3-13-8(16)6(5-7(11)15)14(10(13)19)12-9(17)18-4-2/h6H,3-5H2,1-2H3,(H2,11,15)(H,12,17). The van der Waals surface area contributed by atoms with Crippen LogP contribution >= 0.6 is 12.2 Å². The third kappa shape index (κ3) is 3.31. The summed E-state index contributed by atoms with van der Waals surface area (Å²) >= 11 is 5.08. The summed E-state index contributed by atoms with van der Waals surface area (Å²) in [6, 6.07) is -0.922. The second-order valence-electron chi connectivity index (χ2n) is 3.75. The quantitative estimate of drug-likeness (QED) is 0.651. The van der Waals surface area contributed by atoms with E-state index in [1.165, 1.54) is 4.90 Å². The van der Waals surface area contributed by atoms with Gasteiger partial charge in [0.1, 0.15) is 6.04 Å². The molecule has 8 nitrogen and oxygen atoms in total. The van der Waals surface area contributed by atoms with E-state index in [1.54, 1.807) is 13.8 Å². The van der Waals surface area contributed by atoms with E-state index in [2.05, 4.69) is 5.43 Å². The third-order valence-electron chi connectivity index (χ3n) is 2.50. The van der Waals surface area contributed by atoms with Crippen molar-refractivity contribution in [1.29, 1.82) is 0 Å². The van der Waals surface area contributed by atoms with Crippen molar-refractivity contribution < 1.29 is 19.1 Å². The summed E-state index contributed by atoms with van der Waals surface area (Å²) in [6.45, 7) is 3.90. The van der Waals surface area contributed by atoms with Gasteiger partial charge in [0.25, 0.3) is 5.91 Å². The Bertz CT molecular complexity index is 414. The smallest absolute Gasteiger partial charge is 0.426 e. The summed E-state index contributed by atoms with van der Waals surface area (Å²) in [4.78, 5) is 35.7. The first-order valence-electron chi connectivity index (χ1n) is 5.78. The van der Waals surface area contributed by atoms with Crippen LogP contribution in [0.4, 0.5) is 4.79 Å². The van der Waals surface area contributed by atoms with Crippen LogP contribution in [0.3, 0.4) is 0 Å². The van der Waals surface area contributed by atoms with E-state index in [1.807, 2.05) is 0 Å². The molecule has 0 aliphatic carbocycles. The van der Waals surface area contributed by atoms with Gasteiger partial charge in [0, 0.05) is 6.54 Å². The number of rotatable bonds is 5. The predicted octanol–water partition coefficient (Wildman–Crippen LogP) is -0.659. The molecule has 1 heterocycles. The molecule has 0 saturated carbocycles. The van der Waals surface area contributed by atoms with Crippen molar-refractivity contribution in [3.8, 4) is 0 Å². The molecule has 3 amide bonds. The van der Waals surface area contributed by atoms with E-state index >= 15 is 0 Å². The fourth-order valence-electron chi connectivity index (χ4n) is 1.70. The van der Waals surface area contributed by atoms with Gasteiger partial charge in [-0.3, -0.25) is 14.5 Å². The van der Waals surface area contributed by atoms with Crippen LogP contribution in [-0.4, -0.2) is 52.1 Å². The largest absolute Gasteiger partial charge is 0.449 e. The van der Waals surface area contributed by atoms with Gasteiger partial charge in [-0.25, -0.2) is 15.2 Å². The summed E-state index contributed by atoms with van der Waals surface area (Å²) in [6.07, 6.45) is -0.980. The van der Waals surface area contributed by atoms with Crippen molar-refractivity contribution >= 4 is 35.2 Å². The van der Waals surface area contributed by atoms with Crippen LogP contribution in [0.25, 0.3) is 0 Å². The molecule has 0 aromatic carbocycles. The summed E-state index contributed by atoms with van der Waals surface area (Å²) in [7, 11) is 0. The van der Waals surface area contributed by atoms with E-state index in [4.69, 9.17) is 22.7 Å².